The van der Waals surface area contributed by atoms with Gasteiger partial charge >= 0.3 is 0 Å². The van der Waals surface area contributed by atoms with Crippen LogP contribution in [0.25, 0.3) is 0 Å². The van der Waals surface area contributed by atoms with Gasteiger partial charge in [-0.1, -0.05) is 26.3 Å². The Labute approximate surface area is 90.6 Å². The molecule has 0 unspecified atom stereocenters. The molecule has 0 aliphatic heterocycles. The third kappa shape index (κ3) is 8.72. The Morgan fingerprint density at radius 1 is 1.33 bits per heavy atom. The first-order chi connectivity index (χ1) is 7.20. The molecule has 3 nitrogen and oxygen atoms in total. The number of rotatable bonds is 6. The maximum Gasteiger partial charge on any atom is 0.258 e. The molecule has 0 heterocycles. The van der Waals surface area contributed by atoms with Crippen LogP contribution >= 0.6 is 0 Å². The number of amides is 2. The molecule has 15 heavy (non-hydrogen) atoms. The van der Waals surface area contributed by atoms with E-state index in [1.54, 1.807) is 6.08 Å². The average Bonchev–Trinajstić information content (AvgIpc) is 2.23. The first kappa shape index (κ1) is 13.4. The fraction of sp³-hybridized carbons (Fsp3) is 0.417. The van der Waals surface area contributed by atoms with E-state index < -0.39 is 11.8 Å². The molecule has 2 amide bonds. The minimum absolute atomic E-state index is 0.466. The van der Waals surface area contributed by atoms with Crippen molar-refractivity contribution in [3.05, 3.63) is 30.5 Å². The van der Waals surface area contributed by atoms with Crippen molar-refractivity contribution in [2.75, 3.05) is 0 Å². The van der Waals surface area contributed by atoms with Crippen molar-refractivity contribution in [3.63, 3.8) is 0 Å². The van der Waals surface area contributed by atoms with Crippen molar-refractivity contribution in [2.24, 2.45) is 0 Å². The second-order valence-corrected chi connectivity index (χ2v) is 3.07. The first-order valence-corrected chi connectivity index (χ1v) is 5.09. The molecule has 0 rings (SSSR count). The number of carbonyl (C=O) groups is 2. The Balaban J connectivity index is 3.79. The minimum atomic E-state index is -0.496. The van der Waals surface area contributed by atoms with Crippen LogP contribution < -0.4 is 5.32 Å². The predicted octanol–water partition coefficient (Wildman–Crippen LogP) is 2.11. The van der Waals surface area contributed by atoms with Gasteiger partial charge in [0.05, 0.1) is 0 Å². The van der Waals surface area contributed by atoms with Gasteiger partial charge in [-0.15, -0.1) is 5.73 Å². The zero-order valence-corrected chi connectivity index (χ0v) is 9.08. The Morgan fingerprint density at radius 2 is 2.07 bits per heavy atom. The topological polar surface area (TPSA) is 46.2 Å². The molecule has 0 radical (unpaired) electrons. The molecule has 0 aliphatic rings. The maximum absolute atomic E-state index is 11.0. The molecule has 0 aromatic rings. The molecule has 0 atom stereocenters. The van der Waals surface area contributed by atoms with Crippen molar-refractivity contribution >= 4 is 11.8 Å². The highest BCUT2D eigenvalue weighted by atomic mass is 16.2. The lowest BCUT2D eigenvalue weighted by Gasteiger charge is -1.92. The molecule has 0 spiro atoms. The summed E-state index contributed by atoms with van der Waals surface area (Å²) in [6.07, 6.45) is 8.43. The van der Waals surface area contributed by atoms with E-state index in [0.717, 1.165) is 18.9 Å². The van der Waals surface area contributed by atoms with E-state index in [-0.39, 0.29) is 0 Å². The summed E-state index contributed by atoms with van der Waals surface area (Å²) in [6.45, 7) is 5.37. The monoisotopic (exact) mass is 207 g/mol. The highest BCUT2D eigenvalue weighted by Crippen LogP contribution is 1.98. The van der Waals surface area contributed by atoms with Gasteiger partial charge in [-0.25, -0.2) is 0 Å². The largest absolute Gasteiger partial charge is 0.289 e. The normalized spacial score (nSPS) is 8.60. The van der Waals surface area contributed by atoms with Crippen molar-refractivity contribution in [3.8, 4) is 0 Å². The quantitative estimate of drug-likeness (QED) is 0.412. The van der Waals surface area contributed by atoms with Gasteiger partial charge in [-0.3, -0.25) is 14.9 Å². The zero-order valence-electron chi connectivity index (χ0n) is 9.08. The summed E-state index contributed by atoms with van der Waals surface area (Å²) in [4.78, 5) is 21.7. The third-order valence-corrected chi connectivity index (χ3v) is 1.72. The molecule has 3 heteroatoms. The van der Waals surface area contributed by atoms with E-state index in [9.17, 15) is 9.59 Å². The Morgan fingerprint density at radius 3 is 2.67 bits per heavy atom. The Hall–Kier alpha value is -1.60. The number of nitrogens with one attached hydrogen (secondary N) is 1. The maximum atomic E-state index is 11.0. The summed E-state index contributed by atoms with van der Waals surface area (Å²) in [5.74, 6) is -0.962. The van der Waals surface area contributed by atoms with Crippen molar-refractivity contribution in [1.29, 1.82) is 0 Å². The molecule has 0 saturated heterocycles. The molecule has 0 fully saturated rings. The lowest BCUT2D eigenvalue weighted by molar-refractivity contribution is -0.125. The number of hydrogen-bond acceptors (Lipinski definition) is 2. The first-order valence-electron chi connectivity index (χ1n) is 5.09. The van der Waals surface area contributed by atoms with Crippen LogP contribution in [0.1, 0.15) is 32.6 Å². The fourth-order valence-electron chi connectivity index (χ4n) is 0.923. The molecule has 82 valence electrons. The highest BCUT2D eigenvalue weighted by molar-refractivity contribution is 6.04. The van der Waals surface area contributed by atoms with Crippen molar-refractivity contribution in [2.45, 2.75) is 32.6 Å². The van der Waals surface area contributed by atoms with Crippen LogP contribution in [0.15, 0.2) is 30.5 Å². The lowest BCUT2D eigenvalue weighted by Crippen LogP contribution is -2.26. The summed E-state index contributed by atoms with van der Waals surface area (Å²) >= 11 is 0. The van der Waals surface area contributed by atoms with Crippen LogP contribution in [0.3, 0.4) is 0 Å². The molecule has 0 bridgehead atoms. The molecule has 0 saturated carbocycles. The van der Waals surface area contributed by atoms with Crippen LogP contribution in [-0.2, 0) is 9.59 Å². The summed E-state index contributed by atoms with van der Waals surface area (Å²) in [6, 6.07) is 0. The molecule has 0 aromatic carbocycles. The molecule has 1 N–H and O–H groups in total. The molecular weight excluding hydrogens is 190 g/mol. The Bertz CT molecular complexity index is 286. The smallest absolute Gasteiger partial charge is 0.258 e. The van der Waals surface area contributed by atoms with Gasteiger partial charge in [0.15, 0.2) is 0 Å². The summed E-state index contributed by atoms with van der Waals surface area (Å²) < 4.78 is 0. The minimum Gasteiger partial charge on any atom is -0.289 e. The van der Waals surface area contributed by atoms with Gasteiger partial charge in [-0.05, 0) is 25.0 Å². The van der Waals surface area contributed by atoms with E-state index in [1.807, 2.05) is 0 Å². The summed E-state index contributed by atoms with van der Waals surface area (Å²) in [5, 5.41) is 2.10. The van der Waals surface area contributed by atoms with Crippen LogP contribution in [0.4, 0.5) is 0 Å². The number of imide groups is 1. The molecule has 0 aliphatic carbocycles. The van der Waals surface area contributed by atoms with E-state index in [2.05, 4.69) is 24.6 Å². The third-order valence-electron chi connectivity index (χ3n) is 1.72. The summed E-state index contributed by atoms with van der Waals surface area (Å²) in [5.41, 5.74) is 2.72. The second-order valence-electron chi connectivity index (χ2n) is 3.07. The van der Waals surface area contributed by atoms with E-state index in [1.165, 1.54) is 18.9 Å². The number of hydrogen-bond donors (Lipinski definition) is 1. The molecular formula is C12H17NO2. The Kier molecular flexibility index (Phi) is 8.02. The SMILES string of the molecule is C=CC(=O)NC(=O)C=C=CCCCCC. The van der Waals surface area contributed by atoms with Crippen molar-refractivity contribution in [1.82, 2.24) is 5.32 Å². The van der Waals surface area contributed by atoms with Crippen LogP contribution in [-0.4, -0.2) is 11.8 Å². The standard InChI is InChI=1S/C12H17NO2/c1-3-5-6-7-8-9-10-12(15)13-11(14)4-2/h4,8,10H,2-3,5-7H2,1H3,(H,13,14,15). The number of unbranched alkanes of at least 4 members (excludes halogenated alkanes) is 3. The van der Waals surface area contributed by atoms with Crippen LogP contribution in [0.2, 0.25) is 0 Å². The molecule has 0 aromatic heterocycles. The van der Waals surface area contributed by atoms with E-state index in [0.29, 0.717) is 0 Å². The van der Waals surface area contributed by atoms with Gasteiger partial charge in [-0.2, -0.15) is 0 Å². The summed E-state index contributed by atoms with van der Waals surface area (Å²) in [7, 11) is 0. The zero-order chi connectivity index (χ0) is 11.5. The van der Waals surface area contributed by atoms with Gasteiger partial charge < -0.3 is 0 Å². The second kappa shape index (κ2) is 8.97. The van der Waals surface area contributed by atoms with Crippen LogP contribution in [0, 0.1) is 0 Å². The average molecular weight is 207 g/mol. The lowest BCUT2D eigenvalue weighted by atomic mass is 10.2. The van der Waals surface area contributed by atoms with Gasteiger partial charge in [0.25, 0.3) is 5.91 Å². The number of carbonyl (C=O) groups excluding carboxylic acids is 2. The predicted molar refractivity (Wildman–Crippen MR) is 60.1 cm³/mol. The van der Waals surface area contributed by atoms with Gasteiger partial charge in [0, 0.05) is 6.08 Å². The highest BCUT2D eigenvalue weighted by Gasteiger charge is 1.97. The van der Waals surface area contributed by atoms with E-state index in [4.69, 9.17) is 0 Å². The van der Waals surface area contributed by atoms with Gasteiger partial charge in [0.1, 0.15) is 0 Å². The van der Waals surface area contributed by atoms with Gasteiger partial charge in [0.2, 0.25) is 5.91 Å². The van der Waals surface area contributed by atoms with E-state index >= 15 is 0 Å². The van der Waals surface area contributed by atoms with Crippen LogP contribution in [0.5, 0.6) is 0 Å². The fourth-order valence-corrected chi connectivity index (χ4v) is 0.923. The van der Waals surface area contributed by atoms with Crippen molar-refractivity contribution < 1.29 is 9.59 Å².